The maximum absolute atomic E-state index is 14.4. The fourth-order valence-corrected chi connectivity index (χ4v) is 3.84. The van der Waals surface area contributed by atoms with Crippen molar-refractivity contribution in [1.29, 1.82) is 0 Å². The van der Waals surface area contributed by atoms with E-state index in [4.69, 9.17) is 14.2 Å². The van der Waals surface area contributed by atoms with Gasteiger partial charge in [0.2, 0.25) is 5.82 Å². The lowest BCUT2D eigenvalue weighted by molar-refractivity contribution is -0.114. The quantitative estimate of drug-likeness (QED) is 0.112. The van der Waals surface area contributed by atoms with Crippen molar-refractivity contribution in [1.82, 2.24) is 0 Å². The van der Waals surface area contributed by atoms with Crippen LogP contribution >= 0.6 is 0 Å². The van der Waals surface area contributed by atoms with Gasteiger partial charge in [-0.05, 0) is 43.7 Å². The molecule has 1 aliphatic rings. The van der Waals surface area contributed by atoms with Crippen LogP contribution in [0.4, 0.5) is 27.6 Å². The van der Waals surface area contributed by atoms with Gasteiger partial charge in [0.1, 0.15) is 12.3 Å². The third kappa shape index (κ3) is 5.24. The number of hydrazone groups is 1. The molecule has 12 heteroatoms. The molecule has 208 valence electrons. The summed E-state index contributed by atoms with van der Waals surface area (Å²) < 4.78 is 86.1. The minimum atomic E-state index is -2.35. The van der Waals surface area contributed by atoms with Crippen LogP contribution in [0.3, 0.4) is 0 Å². The lowest BCUT2D eigenvalue weighted by Crippen LogP contribution is -2.25. The topological polar surface area (TPSA) is 77.4 Å². The Hall–Kier alpha value is -4.74. The van der Waals surface area contributed by atoms with Crippen molar-refractivity contribution >= 4 is 29.4 Å². The minimum absolute atomic E-state index is 0.0251. The molecule has 0 saturated carbocycles. The highest BCUT2D eigenvalue weighted by Gasteiger charge is 2.37. The third-order valence-corrected chi connectivity index (χ3v) is 5.84. The number of carbonyl (C=O) groups is 2. The van der Waals surface area contributed by atoms with Crippen molar-refractivity contribution in [2.75, 3.05) is 18.7 Å². The average Bonchev–Trinajstić information content (AvgIpc) is 3.22. The summed E-state index contributed by atoms with van der Waals surface area (Å²) in [5, 5.41) is 3.87. The van der Waals surface area contributed by atoms with E-state index in [1.165, 1.54) is 20.1 Å². The predicted molar refractivity (Wildman–Crippen MR) is 135 cm³/mol. The summed E-state index contributed by atoms with van der Waals surface area (Å²) in [6, 6.07) is 11.2. The Bertz CT molecular complexity index is 1520. The Kier molecular flexibility index (Phi) is 8.17. The minimum Gasteiger partial charge on any atom is -0.493 e. The lowest BCUT2D eigenvalue weighted by atomic mass is 10.1. The number of ether oxygens (including phenoxy) is 3. The van der Waals surface area contributed by atoms with Crippen molar-refractivity contribution in [2.24, 2.45) is 5.10 Å². The molecule has 1 heterocycles. The monoisotopic (exact) mass is 560 g/mol. The Morgan fingerprint density at radius 2 is 1.57 bits per heavy atom. The van der Waals surface area contributed by atoms with Crippen LogP contribution in [0.1, 0.15) is 35.3 Å². The SMILES string of the molecule is CCOC(=O)c1ccc(COc2c(/C=C3\C(=O)N(c4c(F)c(F)c(F)c(F)c4F)N=C3C)cccc2OC)cc1. The molecule has 0 bridgehead atoms. The van der Waals surface area contributed by atoms with Crippen LogP contribution in [-0.2, 0) is 16.1 Å². The summed E-state index contributed by atoms with van der Waals surface area (Å²) >= 11 is 0. The molecule has 1 amide bonds. The molecule has 7 nitrogen and oxygen atoms in total. The number of esters is 1. The number of anilines is 1. The molecule has 0 unspecified atom stereocenters. The fraction of sp³-hybridized carbons (Fsp3) is 0.179. The molecule has 0 saturated heterocycles. The van der Waals surface area contributed by atoms with E-state index in [9.17, 15) is 31.5 Å². The Morgan fingerprint density at radius 1 is 0.950 bits per heavy atom. The first-order chi connectivity index (χ1) is 19.1. The molecule has 0 spiro atoms. The molecule has 3 aromatic carbocycles. The second-order valence-corrected chi connectivity index (χ2v) is 8.36. The van der Waals surface area contributed by atoms with Crippen LogP contribution in [-0.4, -0.2) is 31.3 Å². The zero-order chi connectivity index (χ0) is 29.1. The summed E-state index contributed by atoms with van der Waals surface area (Å²) in [6.07, 6.45) is 1.30. The molecule has 0 aromatic heterocycles. The molecule has 0 N–H and O–H groups in total. The van der Waals surface area contributed by atoms with E-state index in [0.29, 0.717) is 16.7 Å². The van der Waals surface area contributed by atoms with Gasteiger partial charge in [-0.15, -0.1) is 0 Å². The van der Waals surface area contributed by atoms with Crippen LogP contribution in [0.2, 0.25) is 0 Å². The van der Waals surface area contributed by atoms with Gasteiger partial charge >= 0.3 is 5.97 Å². The number of halogens is 5. The number of benzene rings is 3. The van der Waals surface area contributed by atoms with Gasteiger partial charge in [0.05, 0.1) is 30.6 Å². The van der Waals surface area contributed by atoms with Gasteiger partial charge in [0.15, 0.2) is 34.8 Å². The molecule has 0 fully saturated rings. The van der Waals surface area contributed by atoms with Crippen molar-refractivity contribution in [3.63, 3.8) is 0 Å². The third-order valence-electron chi connectivity index (χ3n) is 5.84. The van der Waals surface area contributed by atoms with E-state index in [-0.39, 0.29) is 41.0 Å². The highest BCUT2D eigenvalue weighted by molar-refractivity contribution is 6.32. The van der Waals surface area contributed by atoms with Crippen LogP contribution < -0.4 is 14.5 Å². The first kappa shape index (κ1) is 28.3. The van der Waals surface area contributed by atoms with E-state index in [2.05, 4.69) is 5.10 Å². The van der Waals surface area contributed by atoms with Gasteiger partial charge in [-0.1, -0.05) is 24.3 Å². The second-order valence-electron chi connectivity index (χ2n) is 8.36. The standard InChI is InChI=1S/C28H21F5N2O5/c1-4-39-28(37)16-10-8-15(9-11-16)13-40-26-17(6-5-7-19(26)38-3)12-18-14(2)34-35(27(18)36)25-23(32)21(30)20(29)22(31)24(25)33/h5-12H,4,13H2,1-3H3/b18-12-. The molecular weight excluding hydrogens is 539 g/mol. The zero-order valence-electron chi connectivity index (χ0n) is 21.4. The molecule has 1 aliphatic heterocycles. The van der Waals surface area contributed by atoms with Gasteiger partial charge in [-0.3, -0.25) is 4.79 Å². The number of carbonyl (C=O) groups excluding carboxylic acids is 2. The Balaban J connectivity index is 1.65. The second kappa shape index (κ2) is 11.6. The van der Waals surface area contributed by atoms with Gasteiger partial charge in [-0.2, -0.15) is 10.1 Å². The zero-order valence-corrected chi connectivity index (χ0v) is 21.4. The lowest BCUT2D eigenvalue weighted by Gasteiger charge is -2.16. The number of hydrogen-bond acceptors (Lipinski definition) is 6. The van der Waals surface area contributed by atoms with E-state index in [1.54, 1.807) is 49.4 Å². The highest BCUT2D eigenvalue weighted by atomic mass is 19.2. The normalized spacial score (nSPS) is 14.0. The first-order valence-corrected chi connectivity index (χ1v) is 11.8. The molecule has 4 rings (SSSR count). The van der Waals surface area contributed by atoms with Gasteiger partial charge in [0.25, 0.3) is 5.91 Å². The van der Waals surface area contributed by atoms with Crippen LogP contribution in [0.15, 0.2) is 53.1 Å². The van der Waals surface area contributed by atoms with Gasteiger partial charge in [0, 0.05) is 5.56 Å². The summed E-state index contributed by atoms with van der Waals surface area (Å²) in [7, 11) is 1.39. The maximum atomic E-state index is 14.4. The van der Waals surface area contributed by atoms with E-state index in [0.717, 1.165) is 0 Å². The molecule has 0 atom stereocenters. The van der Waals surface area contributed by atoms with Crippen LogP contribution in [0.5, 0.6) is 11.5 Å². The van der Waals surface area contributed by atoms with Crippen LogP contribution in [0, 0.1) is 29.1 Å². The molecule has 0 aliphatic carbocycles. The number of rotatable bonds is 8. The predicted octanol–water partition coefficient (Wildman–Crippen LogP) is 5.95. The van der Waals surface area contributed by atoms with Crippen molar-refractivity contribution < 1.29 is 45.8 Å². The summed E-state index contributed by atoms with van der Waals surface area (Å²) in [6.45, 7) is 3.30. The van der Waals surface area contributed by atoms with E-state index in [1.807, 2.05) is 0 Å². The largest absolute Gasteiger partial charge is 0.493 e. The summed E-state index contributed by atoms with van der Waals surface area (Å²) in [4.78, 5) is 24.9. The Morgan fingerprint density at radius 3 is 2.17 bits per heavy atom. The first-order valence-electron chi connectivity index (χ1n) is 11.8. The smallest absolute Gasteiger partial charge is 0.338 e. The molecule has 0 radical (unpaired) electrons. The van der Waals surface area contributed by atoms with Crippen molar-refractivity contribution in [3.05, 3.63) is 93.8 Å². The fourth-order valence-electron chi connectivity index (χ4n) is 3.84. The highest BCUT2D eigenvalue weighted by Crippen LogP contribution is 2.37. The average molecular weight is 560 g/mol. The number of methoxy groups -OCH3 is 1. The van der Waals surface area contributed by atoms with Crippen molar-refractivity contribution in [3.8, 4) is 11.5 Å². The number of nitrogens with zero attached hydrogens (tertiary/aromatic N) is 2. The van der Waals surface area contributed by atoms with E-state index < -0.39 is 46.6 Å². The molecule has 3 aromatic rings. The summed E-state index contributed by atoms with van der Waals surface area (Å²) in [5.74, 6) is -12.2. The summed E-state index contributed by atoms with van der Waals surface area (Å²) in [5.41, 5.74) is -0.360. The number of hydrogen-bond donors (Lipinski definition) is 0. The molecular formula is C28H21F5N2O5. The van der Waals surface area contributed by atoms with Gasteiger partial charge < -0.3 is 14.2 Å². The Labute approximate surface area is 225 Å². The van der Waals surface area contributed by atoms with Crippen molar-refractivity contribution in [2.45, 2.75) is 20.5 Å². The number of para-hydroxylation sites is 1. The molecule has 40 heavy (non-hydrogen) atoms. The number of amides is 1. The van der Waals surface area contributed by atoms with Crippen LogP contribution in [0.25, 0.3) is 6.08 Å². The van der Waals surface area contributed by atoms with E-state index >= 15 is 0 Å². The van der Waals surface area contributed by atoms with Gasteiger partial charge in [-0.25, -0.2) is 26.7 Å². The maximum Gasteiger partial charge on any atom is 0.338 e.